The minimum absolute atomic E-state index is 0.0963. The molecular weight excluding hydrogens is 507 g/mol. The van der Waals surface area contributed by atoms with Crippen LogP contribution in [-0.2, 0) is 0 Å². The van der Waals surface area contributed by atoms with Crippen molar-refractivity contribution in [3.05, 3.63) is 81.9 Å². The molecule has 1 heterocycles. The Balaban J connectivity index is 1.51. The summed E-state index contributed by atoms with van der Waals surface area (Å²) < 4.78 is 40.5. The zero-order valence-corrected chi connectivity index (χ0v) is 21.7. The number of imidazole rings is 1. The van der Waals surface area contributed by atoms with Gasteiger partial charge >= 0.3 is 6.18 Å². The first-order valence-electron chi connectivity index (χ1n) is 12.9. The number of hydrogen-bond donors (Lipinski definition) is 3. The van der Waals surface area contributed by atoms with Gasteiger partial charge in [0.1, 0.15) is 6.33 Å². The lowest BCUT2D eigenvalue weighted by atomic mass is 9.88. The molecule has 2 amide bonds. The number of fused-ring (bicyclic) bond motifs is 1. The summed E-state index contributed by atoms with van der Waals surface area (Å²) in [7, 11) is 0. The molecule has 5 rings (SSSR count). The van der Waals surface area contributed by atoms with E-state index in [9.17, 15) is 22.8 Å². The van der Waals surface area contributed by atoms with E-state index in [1.54, 1.807) is 31.5 Å². The number of aromatic nitrogens is 2. The highest BCUT2D eigenvalue weighted by atomic mass is 19.4. The number of alkyl halides is 3. The van der Waals surface area contributed by atoms with Crippen LogP contribution in [0.25, 0.3) is 17.3 Å². The van der Waals surface area contributed by atoms with E-state index >= 15 is 0 Å². The van der Waals surface area contributed by atoms with E-state index in [1.807, 2.05) is 35.8 Å². The van der Waals surface area contributed by atoms with Crippen molar-refractivity contribution in [2.24, 2.45) is 5.73 Å². The quantitative estimate of drug-likeness (QED) is 0.376. The average molecular weight is 538 g/mol. The zero-order chi connectivity index (χ0) is 27.9. The third-order valence-electron chi connectivity index (χ3n) is 7.21. The van der Waals surface area contributed by atoms with Gasteiger partial charge in [-0.15, -0.1) is 0 Å². The van der Waals surface area contributed by atoms with Crippen LogP contribution in [0.15, 0.2) is 42.7 Å². The van der Waals surface area contributed by atoms with E-state index < -0.39 is 24.5 Å². The third-order valence-corrected chi connectivity index (χ3v) is 7.21. The SMILES string of the molecule is Cc1cc(-n2cnc3c2C=C(c2ccc(C(=O)NC4CC4)c(C)c2)CC3NCCC(F)(F)F)ccc1C(N)=O. The van der Waals surface area contributed by atoms with E-state index in [0.717, 1.165) is 40.9 Å². The number of carbonyl (C=O) groups is 2. The van der Waals surface area contributed by atoms with Crippen molar-refractivity contribution in [1.82, 2.24) is 20.2 Å². The predicted molar refractivity (Wildman–Crippen MR) is 142 cm³/mol. The predicted octanol–water partition coefficient (Wildman–Crippen LogP) is 5.01. The van der Waals surface area contributed by atoms with Gasteiger partial charge in [0.15, 0.2) is 0 Å². The number of benzene rings is 2. The molecule has 0 aliphatic heterocycles. The summed E-state index contributed by atoms with van der Waals surface area (Å²) in [6, 6.07) is 10.7. The highest BCUT2D eigenvalue weighted by Gasteiger charge is 2.30. The molecule has 4 N–H and O–H groups in total. The minimum Gasteiger partial charge on any atom is -0.366 e. The number of nitrogens with two attached hydrogens (primary N) is 1. The molecule has 204 valence electrons. The summed E-state index contributed by atoms with van der Waals surface area (Å²) in [6.07, 6.45) is 0.845. The van der Waals surface area contributed by atoms with E-state index in [1.165, 1.54) is 0 Å². The van der Waals surface area contributed by atoms with Crippen molar-refractivity contribution < 1.29 is 22.8 Å². The van der Waals surface area contributed by atoms with Crippen LogP contribution in [0.3, 0.4) is 0 Å². The fourth-order valence-corrected chi connectivity index (χ4v) is 4.97. The Morgan fingerprint density at radius 3 is 2.44 bits per heavy atom. The first kappa shape index (κ1) is 26.7. The van der Waals surface area contributed by atoms with E-state index in [0.29, 0.717) is 28.8 Å². The Kier molecular flexibility index (Phi) is 7.07. The van der Waals surface area contributed by atoms with Gasteiger partial charge in [0.05, 0.1) is 23.9 Å². The molecule has 1 saturated carbocycles. The lowest BCUT2D eigenvalue weighted by molar-refractivity contribution is -0.133. The number of aryl methyl sites for hydroxylation is 2. The summed E-state index contributed by atoms with van der Waals surface area (Å²) in [5.41, 5.74) is 11.9. The largest absolute Gasteiger partial charge is 0.390 e. The molecule has 2 aromatic carbocycles. The number of halogens is 3. The molecule has 1 fully saturated rings. The van der Waals surface area contributed by atoms with Crippen LogP contribution in [0.1, 0.15) is 80.5 Å². The first-order chi connectivity index (χ1) is 18.5. The molecule has 2 aliphatic rings. The van der Waals surface area contributed by atoms with Crippen LogP contribution >= 0.6 is 0 Å². The van der Waals surface area contributed by atoms with Gasteiger partial charge in [-0.05, 0) is 85.7 Å². The Morgan fingerprint density at radius 1 is 1.08 bits per heavy atom. The molecule has 10 heteroatoms. The van der Waals surface area contributed by atoms with Crippen molar-refractivity contribution in [3.8, 4) is 5.69 Å². The summed E-state index contributed by atoms with van der Waals surface area (Å²) >= 11 is 0. The van der Waals surface area contributed by atoms with E-state index in [-0.39, 0.29) is 18.5 Å². The molecule has 1 aromatic heterocycles. The van der Waals surface area contributed by atoms with E-state index in [2.05, 4.69) is 15.6 Å². The van der Waals surface area contributed by atoms with Crippen LogP contribution in [-0.4, -0.2) is 40.1 Å². The number of primary amides is 1. The molecule has 7 nitrogen and oxygen atoms in total. The van der Waals surface area contributed by atoms with Crippen LogP contribution in [0.4, 0.5) is 13.2 Å². The van der Waals surface area contributed by atoms with Gasteiger partial charge in [-0.25, -0.2) is 4.98 Å². The molecule has 1 unspecified atom stereocenters. The second-order valence-electron chi connectivity index (χ2n) is 10.3. The van der Waals surface area contributed by atoms with Crippen molar-refractivity contribution in [3.63, 3.8) is 0 Å². The lowest BCUT2D eigenvalue weighted by Crippen LogP contribution is -2.28. The van der Waals surface area contributed by atoms with Gasteiger partial charge in [0.2, 0.25) is 5.91 Å². The molecule has 0 radical (unpaired) electrons. The summed E-state index contributed by atoms with van der Waals surface area (Å²) in [5, 5.41) is 6.05. The molecule has 0 bridgehead atoms. The molecule has 39 heavy (non-hydrogen) atoms. The lowest BCUT2D eigenvalue weighted by Gasteiger charge is -2.25. The smallest absolute Gasteiger partial charge is 0.366 e. The number of hydrogen-bond acceptors (Lipinski definition) is 4. The fraction of sp³-hybridized carbons (Fsp3) is 0.345. The van der Waals surface area contributed by atoms with Crippen LogP contribution in [0.2, 0.25) is 0 Å². The van der Waals surface area contributed by atoms with Gasteiger partial charge in [-0.1, -0.05) is 12.1 Å². The first-order valence-corrected chi connectivity index (χ1v) is 12.9. The maximum atomic E-state index is 12.9. The van der Waals surface area contributed by atoms with Crippen molar-refractivity contribution >= 4 is 23.5 Å². The number of nitrogens with zero attached hydrogens (tertiary/aromatic N) is 2. The average Bonchev–Trinajstić information content (AvgIpc) is 3.57. The van der Waals surface area contributed by atoms with Gasteiger partial charge in [0.25, 0.3) is 5.91 Å². The maximum Gasteiger partial charge on any atom is 0.390 e. The van der Waals surface area contributed by atoms with Crippen molar-refractivity contribution in [2.75, 3.05) is 6.54 Å². The normalized spacial score (nSPS) is 16.9. The minimum atomic E-state index is -4.27. The summed E-state index contributed by atoms with van der Waals surface area (Å²) in [6.45, 7) is 3.44. The zero-order valence-electron chi connectivity index (χ0n) is 21.7. The second kappa shape index (κ2) is 10.3. The Bertz CT molecular complexity index is 1470. The maximum absolute atomic E-state index is 12.9. The summed E-state index contributed by atoms with van der Waals surface area (Å²) in [4.78, 5) is 28.9. The molecule has 1 atom stereocenters. The monoisotopic (exact) mass is 537 g/mol. The standard InChI is InChI=1S/C29H30F3N5O2/c1-16-11-18(3-7-23(16)28(39)36-20-4-5-20)19-13-24(34-10-9-29(30,31)32)26-25(14-19)37(15-35-26)21-6-8-22(27(33)38)17(2)12-21/h3,6-8,11-12,14-15,20,24,34H,4-5,9-10,13H2,1-2H3,(H2,33,38)(H,36,39). The molecule has 2 aliphatic carbocycles. The molecule has 0 saturated heterocycles. The highest BCUT2D eigenvalue weighted by Crippen LogP contribution is 2.38. The van der Waals surface area contributed by atoms with Crippen molar-refractivity contribution in [2.45, 2.75) is 57.8 Å². The fourth-order valence-electron chi connectivity index (χ4n) is 4.97. The van der Waals surface area contributed by atoms with Gasteiger partial charge in [-0.3, -0.25) is 14.2 Å². The summed E-state index contributed by atoms with van der Waals surface area (Å²) in [5.74, 6) is -0.617. The highest BCUT2D eigenvalue weighted by molar-refractivity contribution is 5.97. The Labute approximate surface area is 224 Å². The number of nitrogens with one attached hydrogen (secondary N) is 2. The topological polar surface area (TPSA) is 102 Å². The van der Waals surface area contributed by atoms with Crippen LogP contribution < -0.4 is 16.4 Å². The molecule has 0 spiro atoms. The molecular formula is C29H30F3N5O2. The number of carbonyl (C=O) groups excluding carboxylic acids is 2. The van der Waals surface area contributed by atoms with Crippen LogP contribution in [0, 0.1) is 13.8 Å². The third kappa shape index (κ3) is 5.90. The van der Waals surface area contributed by atoms with Gasteiger partial charge < -0.3 is 16.4 Å². The van der Waals surface area contributed by atoms with Gasteiger partial charge in [-0.2, -0.15) is 13.2 Å². The number of rotatable bonds is 8. The van der Waals surface area contributed by atoms with Gasteiger partial charge in [0, 0.05) is 29.4 Å². The van der Waals surface area contributed by atoms with E-state index in [4.69, 9.17) is 5.73 Å². The Morgan fingerprint density at radius 2 is 1.79 bits per heavy atom. The number of amides is 2. The van der Waals surface area contributed by atoms with Crippen molar-refractivity contribution in [1.29, 1.82) is 0 Å². The second-order valence-corrected chi connectivity index (χ2v) is 10.3. The Hall–Kier alpha value is -3.92. The molecule has 3 aromatic rings. The van der Waals surface area contributed by atoms with Crippen LogP contribution in [0.5, 0.6) is 0 Å².